The number of nitrogens with zero attached hydrogens (tertiary/aromatic N) is 2. The number of unbranched alkanes of at least 4 members (excludes halogenated alkanes) is 2. The molecule has 0 fully saturated rings. The molecular formula is C120H124N2O10S4Si2. The molecule has 0 N–H and O–H groups in total. The normalized spacial score (nSPS) is 14.7. The third-order valence-electron chi connectivity index (χ3n) is 31.3. The quantitative estimate of drug-likeness (QED) is 0.0119. The maximum atomic E-state index is 13.3. The Kier molecular flexibility index (Phi) is 28.8. The molecule has 0 saturated heterocycles. The molecular weight excluding hydrogens is 1810 g/mol. The van der Waals surface area contributed by atoms with E-state index in [0.717, 1.165) is 69.6 Å². The van der Waals surface area contributed by atoms with Crippen molar-refractivity contribution in [3.05, 3.63) is 248 Å². The Balaban J connectivity index is 0.591. The van der Waals surface area contributed by atoms with Crippen LogP contribution in [-0.2, 0) is 49.4 Å². The van der Waals surface area contributed by atoms with E-state index in [1.54, 1.807) is 20.7 Å². The van der Waals surface area contributed by atoms with Crippen LogP contribution in [0.4, 0.5) is 0 Å². The highest BCUT2D eigenvalue weighted by Crippen LogP contribution is 2.51. The minimum absolute atomic E-state index is 0.106. The van der Waals surface area contributed by atoms with Crippen LogP contribution in [0, 0.1) is 23.7 Å². The van der Waals surface area contributed by atoms with Crippen molar-refractivity contribution < 1.29 is 47.7 Å². The van der Waals surface area contributed by atoms with Crippen LogP contribution in [-0.4, -0.2) is 101 Å². The zero-order valence-corrected chi connectivity index (χ0v) is 86.4. The largest absolute Gasteiger partial charge is 0.494 e. The minimum Gasteiger partial charge on any atom is -0.494 e. The molecule has 4 aromatic heterocycles. The molecule has 4 aliphatic heterocycles. The number of carbonyl (C=O) groups is 6. The number of thiophene rings is 4. The summed E-state index contributed by atoms with van der Waals surface area (Å²) in [5.41, 5.74) is 21.7. The summed E-state index contributed by atoms with van der Waals surface area (Å²) in [4.78, 5) is 77.3. The third-order valence-corrected chi connectivity index (χ3v) is 46.6. The van der Waals surface area contributed by atoms with Gasteiger partial charge in [0.25, 0.3) is 23.6 Å². The Morgan fingerprint density at radius 1 is 0.326 bits per heavy atom. The van der Waals surface area contributed by atoms with Crippen LogP contribution in [0.1, 0.15) is 171 Å². The van der Waals surface area contributed by atoms with E-state index < -0.39 is 77.2 Å². The van der Waals surface area contributed by atoms with Crippen molar-refractivity contribution in [2.24, 2.45) is 23.7 Å². The van der Waals surface area contributed by atoms with E-state index in [1.807, 2.05) is 57.5 Å². The first-order valence-electron chi connectivity index (χ1n) is 50.6. The van der Waals surface area contributed by atoms with Gasteiger partial charge in [0, 0.05) is 71.8 Å². The lowest BCUT2D eigenvalue weighted by Gasteiger charge is -2.33. The number of fused-ring (bicyclic) bond motifs is 16. The number of esters is 2. The van der Waals surface area contributed by atoms with Gasteiger partial charge in [-0.15, -0.1) is 45.3 Å². The second-order valence-corrected chi connectivity index (χ2v) is 51.6. The Bertz CT molecular complexity index is 7070. The summed E-state index contributed by atoms with van der Waals surface area (Å²) in [6.45, 7) is 21.0. The van der Waals surface area contributed by atoms with Gasteiger partial charge in [0.1, 0.15) is 35.0 Å². The van der Waals surface area contributed by atoms with Gasteiger partial charge in [-0.2, -0.15) is 0 Å². The van der Waals surface area contributed by atoms with Gasteiger partial charge in [-0.25, -0.2) is 0 Å². The number of imide groups is 2. The molecule has 2 unspecified atom stereocenters. The second-order valence-electron chi connectivity index (χ2n) is 38.9. The summed E-state index contributed by atoms with van der Waals surface area (Å²) >= 11 is 7.63. The summed E-state index contributed by atoms with van der Waals surface area (Å²) in [5.74, 6) is -0.829. The molecule has 15 aromatic rings. The fraction of sp³-hybridized carbons (Fsp3) is 0.333. The molecule has 4 amide bonds. The van der Waals surface area contributed by atoms with Crippen LogP contribution >= 0.6 is 45.3 Å². The van der Waals surface area contributed by atoms with Crippen LogP contribution in [0.3, 0.4) is 0 Å². The zero-order valence-electron chi connectivity index (χ0n) is 81.1. The fourth-order valence-corrected chi connectivity index (χ4v) is 39.5. The van der Waals surface area contributed by atoms with Gasteiger partial charge < -0.3 is 18.9 Å². The smallest absolute Gasteiger partial charge is 0.328 e. The minimum atomic E-state index is -2.44. The number of methoxy groups -OCH3 is 1. The molecule has 19 rings (SSSR count). The fourth-order valence-electron chi connectivity index (χ4n) is 22.5. The number of ether oxygens (including phenoxy) is 4. The predicted octanol–water partition coefficient (Wildman–Crippen LogP) is 29.0. The third kappa shape index (κ3) is 18.9. The predicted molar refractivity (Wildman–Crippen MR) is 582 cm³/mol. The van der Waals surface area contributed by atoms with Crippen LogP contribution in [0.15, 0.2) is 243 Å². The standard InChI is InChI=1S/C120H124N2O10S4Si2/c1-11-20-21-60-130-92-41-31-83(32-42-92)85-38-48-98-103(66-85)134-119-100-50-40-87(68-105(100)136-117(98)119)91-36-46-96-94-44-34-89(70-107(94)138(109(96)72-91,63-58-77(16-6)17-7)64-59-78(18-8)19-9)82-29-27-81(28-30-82)88-33-43-93-95-45-35-90(71-108(95)137(106(93)69-88,61-56-75(12-2)13-3)62-57-76(14-4)15-5)86-39-49-99-104(67-86)135-116-97-47-37-84(65-102(97)133-118(99)116)80-25-22-79(23-26-80)24-51-101(131-114(127)73-121-110(123)52-53-111(121)124)120(129-10)132-115(128)74-122-112(125)54-55-113(122)126/h22-23,25-50,52-55,65-72,75-78,101,120H,11-21,24,51,56-64,73-74H2,1-10H3. The number of carbonyl (C=O) groups excluding carboxylic acids is 6. The van der Waals surface area contributed by atoms with Gasteiger partial charge in [-0.3, -0.25) is 38.6 Å². The average Bonchev–Trinajstić information content (AvgIpc) is 1.53. The highest BCUT2D eigenvalue weighted by Gasteiger charge is 2.48. The molecule has 0 bridgehead atoms. The Hall–Kier alpha value is -11.3. The molecule has 0 spiro atoms. The van der Waals surface area contributed by atoms with Crippen LogP contribution in [0.5, 0.6) is 5.75 Å². The van der Waals surface area contributed by atoms with E-state index in [-0.39, 0.29) is 6.42 Å². The van der Waals surface area contributed by atoms with Crippen LogP contribution in [0.2, 0.25) is 24.2 Å². The van der Waals surface area contributed by atoms with E-state index in [1.165, 1.54) is 258 Å². The van der Waals surface area contributed by atoms with Gasteiger partial charge in [-0.05, 0) is 219 Å². The summed E-state index contributed by atoms with van der Waals surface area (Å²) in [5, 5.41) is 11.8. The molecule has 0 saturated carbocycles. The number of amides is 4. The topological polar surface area (TPSA) is 146 Å². The van der Waals surface area contributed by atoms with E-state index >= 15 is 0 Å². The van der Waals surface area contributed by atoms with Crippen LogP contribution in [0.25, 0.3) is 148 Å². The molecule has 4 aliphatic rings. The first-order chi connectivity index (χ1) is 67.3. The van der Waals surface area contributed by atoms with E-state index in [9.17, 15) is 28.8 Å². The summed E-state index contributed by atoms with van der Waals surface area (Å²) in [6, 6.07) is 90.6. The van der Waals surface area contributed by atoms with E-state index in [0.29, 0.717) is 30.1 Å². The monoisotopic (exact) mass is 1940 g/mol. The maximum absolute atomic E-state index is 13.3. The first-order valence-corrected chi connectivity index (χ1v) is 58.7. The lowest BCUT2D eigenvalue weighted by molar-refractivity contribution is -0.208. The van der Waals surface area contributed by atoms with Crippen molar-refractivity contribution in [2.45, 2.75) is 208 Å². The molecule has 0 aliphatic carbocycles. The summed E-state index contributed by atoms with van der Waals surface area (Å²) < 4.78 is 33.5. The van der Waals surface area contributed by atoms with Gasteiger partial charge in [0.2, 0.25) is 6.29 Å². The molecule has 12 nitrogen and oxygen atoms in total. The van der Waals surface area contributed by atoms with Gasteiger partial charge >= 0.3 is 11.9 Å². The lowest BCUT2D eigenvalue weighted by atomic mass is 9.96. The first kappa shape index (κ1) is 95.6. The number of aryl methyl sites for hydroxylation is 1. The second kappa shape index (κ2) is 41.6. The van der Waals surface area contributed by atoms with Gasteiger partial charge in [0.15, 0.2) is 6.10 Å². The highest BCUT2D eigenvalue weighted by atomic mass is 32.1. The Morgan fingerprint density at radius 3 is 0.928 bits per heavy atom. The number of benzene rings is 11. The van der Waals surface area contributed by atoms with Crippen molar-refractivity contribution in [2.75, 3.05) is 26.8 Å². The summed E-state index contributed by atoms with van der Waals surface area (Å²) in [7, 11) is -3.56. The van der Waals surface area contributed by atoms with Crippen LogP contribution < -0.4 is 25.5 Å². The van der Waals surface area contributed by atoms with E-state index in [2.05, 4.69) is 269 Å². The van der Waals surface area contributed by atoms with Crippen molar-refractivity contribution in [3.63, 3.8) is 0 Å². The molecule has 2 atom stereocenters. The van der Waals surface area contributed by atoms with Crippen molar-refractivity contribution >= 4 is 177 Å². The van der Waals surface area contributed by atoms with Crippen molar-refractivity contribution in [1.29, 1.82) is 0 Å². The van der Waals surface area contributed by atoms with Gasteiger partial charge in [0.05, 0.1) is 25.4 Å². The maximum Gasteiger partial charge on any atom is 0.328 e. The molecule has 18 heteroatoms. The number of hydrogen-bond donors (Lipinski definition) is 0. The lowest BCUT2D eigenvalue weighted by Crippen LogP contribution is -2.55. The molecule has 138 heavy (non-hydrogen) atoms. The van der Waals surface area contributed by atoms with Crippen molar-refractivity contribution in [1.82, 2.24) is 9.80 Å². The number of rotatable bonds is 42. The Labute approximate surface area is 829 Å². The highest BCUT2D eigenvalue weighted by molar-refractivity contribution is 7.37. The molecule has 0 radical (unpaired) electrons. The summed E-state index contributed by atoms with van der Waals surface area (Å²) in [6.07, 6.45) is 20.2. The Morgan fingerprint density at radius 2 is 0.609 bits per heavy atom. The SMILES string of the molecule is CCCCCOc1ccc(-c2ccc3c(c2)sc2c4ccc(-c5ccc6c(c5)[Si](CCC(CC)CC)(CCC(CC)CC)c5cc(-c7ccc(-c8ccc9c(c8)[Si](CCC(CC)CC)(CCC(CC)CC)c8cc(-c%10ccc%11c(c%10)sc%10c%12ccc(-c%13ccc(CCC(OC(=O)CN%14C(=O)C=CC%14=O)C(OC)OC(=O)CN%14C(=O)C=CC%14=O)cc%13)cc%12sc%11%10)ccc8-9)cc7)ccc5-6)cc4sc32)cc1. The van der Waals surface area contributed by atoms with E-state index in [4.69, 9.17) is 18.9 Å². The average molecular weight is 1940 g/mol. The molecule has 11 aromatic carbocycles. The molecule has 8 heterocycles. The zero-order chi connectivity index (χ0) is 95.6. The number of hydrogen-bond acceptors (Lipinski definition) is 14. The van der Waals surface area contributed by atoms with Gasteiger partial charge in [-0.1, -0.05) is 334 Å². The van der Waals surface area contributed by atoms with Crippen molar-refractivity contribution in [3.8, 4) is 94.8 Å². The molecule has 706 valence electrons.